The van der Waals surface area contributed by atoms with E-state index in [1.54, 1.807) is 0 Å². The van der Waals surface area contributed by atoms with Crippen LogP contribution in [0, 0.1) is 11.8 Å². The predicted octanol–water partition coefficient (Wildman–Crippen LogP) is 0.176. The molecule has 3 nitrogen and oxygen atoms in total. The molecule has 3 atom stereocenters. The molecule has 1 aliphatic rings. The Kier molecular flexibility index (Phi) is 1.94. The van der Waals surface area contributed by atoms with Gasteiger partial charge in [-0.25, -0.2) is 0 Å². The van der Waals surface area contributed by atoms with Crippen LogP contribution in [0.4, 0.5) is 0 Å². The molecule has 0 radical (unpaired) electrons. The fourth-order valence-corrected chi connectivity index (χ4v) is 1.10. The molecule has 58 valence electrons. The van der Waals surface area contributed by atoms with E-state index in [0.29, 0.717) is 0 Å². The molecule has 1 N–H and O–H groups in total. The highest BCUT2D eigenvalue weighted by atomic mass is 16.6. The molecule has 1 fully saturated rings. The summed E-state index contributed by atoms with van der Waals surface area (Å²) in [6.07, 6.45) is -0.275. The average molecular weight is 144 g/mol. The fourth-order valence-electron chi connectivity index (χ4n) is 1.10. The second-order valence-electron chi connectivity index (χ2n) is 2.81. The van der Waals surface area contributed by atoms with Gasteiger partial charge in [0.25, 0.3) is 0 Å². The van der Waals surface area contributed by atoms with Gasteiger partial charge in [-0.1, -0.05) is 13.8 Å². The molecule has 1 aliphatic heterocycles. The van der Waals surface area contributed by atoms with Crippen LogP contribution < -0.4 is 0 Å². The Morgan fingerprint density at radius 1 is 1.60 bits per heavy atom. The summed E-state index contributed by atoms with van der Waals surface area (Å²) < 4.78 is 4.85. The van der Waals surface area contributed by atoms with Crippen molar-refractivity contribution in [3.8, 4) is 0 Å². The predicted molar refractivity (Wildman–Crippen MR) is 35.3 cm³/mol. The quantitative estimate of drug-likeness (QED) is 0.534. The summed E-state index contributed by atoms with van der Waals surface area (Å²) in [6, 6.07) is 0. The van der Waals surface area contributed by atoms with Crippen molar-refractivity contribution < 1.29 is 14.6 Å². The zero-order chi connectivity index (χ0) is 7.72. The molecule has 0 amide bonds. The number of carbonyl (C=O) groups is 1. The molecule has 0 spiro atoms. The Morgan fingerprint density at radius 3 is 2.40 bits per heavy atom. The molecule has 2 unspecified atom stereocenters. The van der Waals surface area contributed by atoms with Gasteiger partial charge < -0.3 is 9.84 Å². The lowest BCUT2D eigenvalue weighted by Gasteiger charge is -2.10. The summed E-state index contributed by atoms with van der Waals surface area (Å²) in [7, 11) is 0. The number of hydrogen-bond acceptors (Lipinski definition) is 3. The molecular weight excluding hydrogens is 132 g/mol. The topological polar surface area (TPSA) is 46.5 Å². The molecule has 0 aromatic carbocycles. The minimum Gasteiger partial charge on any atom is -0.459 e. The number of ether oxygens (including phenoxy) is 1. The number of rotatable bonds is 1. The summed E-state index contributed by atoms with van der Waals surface area (Å²) in [4.78, 5) is 10.8. The Labute approximate surface area is 60.0 Å². The average Bonchev–Trinajstić information content (AvgIpc) is 2.17. The Bertz CT molecular complexity index is 144. The highest BCUT2D eigenvalue weighted by molar-refractivity contribution is 5.74. The summed E-state index contributed by atoms with van der Waals surface area (Å²) in [5, 5.41) is 8.69. The van der Waals surface area contributed by atoms with E-state index in [1.165, 1.54) is 0 Å². The van der Waals surface area contributed by atoms with Crippen molar-refractivity contribution in [2.75, 3.05) is 6.61 Å². The van der Waals surface area contributed by atoms with Crippen LogP contribution in [-0.4, -0.2) is 23.8 Å². The van der Waals surface area contributed by atoms with Gasteiger partial charge in [-0.2, -0.15) is 0 Å². The summed E-state index contributed by atoms with van der Waals surface area (Å²) in [5.41, 5.74) is 0. The molecule has 1 rings (SSSR count). The van der Waals surface area contributed by atoms with Gasteiger partial charge in [-0.05, 0) is 0 Å². The van der Waals surface area contributed by atoms with Gasteiger partial charge in [0.2, 0.25) is 0 Å². The standard InChI is InChI=1S/C7H12O3/c1-4-5(2)7(9)10-6(4)3-8/h4-6,8H,3H2,1-2H3/t4?,5?,6-/m1/s1. The van der Waals surface area contributed by atoms with Crippen LogP contribution in [0.1, 0.15) is 13.8 Å². The Hall–Kier alpha value is -0.570. The van der Waals surface area contributed by atoms with Crippen molar-refractivity contribution >= 4 is 5.97 Å². The zero-order valence-electron chi connectivity index (χ0n) is 6.20. The lowest BCUT2D eigenvalue weighted by atomic mass is 9.95. The van der Waals surface area contributed by atoms with Crippen LogP contribution in [0.2, 0.25) is 0 Å². The van der Waals surface area contributed by atoms with E-state index in [-0.39, 0.29) is 30.5 Å². The minimum absolute atomic E-state index is 0.0582. The second-order valence-corrected chi connectivity index (χ2v) is 2.81. The summed E-state index contributed by atoms with van der Waals surface area (Å²) in [6.45, 7) is 3.68. The van der Waals surface area contributed by atoms with Gasteiger partial charge in [0, 0.05) is 5.92 Å². The van der Waals surface area contributed by atoms with Gasteiger partial charge in [0.1, 0.15) is 6.10 Å². The number of aliphatic hydroxyl groups is 1. The van der Waals surface area contributed by atoms with Crippen LogP contribution in [0.15, 0.2) is 0 Å². The lowest BCUT2D eigenvalue weighted by Crippen LogP contribution is -2.19. The third-order valence-corrected chi connectivity index (χ3v) is 2.19. The normalized spacial score (nSPS) is 39.9. The molecule has 1 saturated heterocycles. The van der Waals surface area contributed by atoms with Crippen LogP contribution in [0.3, 0.4) is 0 Å². The number of aliphatic hydroxyl groups excluding tert-OH is 1. The first-order chi connectivity index (χ1) is 4.66. The SMILES string of the molecule is CC1C(=O)O[C@H](CO)C1C. The molecule has 10 heavy (non-hydrogen) atoms. The lowest BCUT2D eigenvalue weighted by molar-refractivity contribution is -0.145. The van der Waals surface area contributed by atoms with Crippen molar-refractivity contribution in [3.63, 3.8) is 0 Å². The van der Waals surface area contributed by atoms with E-state index < -0.39 is 0 Å². The van der Waals surface area contributed by atoms with Crippen molar-refractivity contribution in [3.05, 3.63) is 0 Å². The fraction of sp³-hybridized carbons (Fsp3) is 0.857. The van der Waals surface area contributed by atoms with Gasteiger partial charge in [0.05, 0.1) is 12.5 Å². The molecule has 0 bridgehead atoms. The van der Waals surface area contributed by atoms with Crippen LogP contribution >= 0.6 is 0 Å². The number of esters is 1. The number of cyclic esters (lactones) is 1. The first-order valence-corrected chi connectivity index (χ1v) is 3.48. The number of carbonyl (C=O) groups excluding carboxylic acids is 1. The van der Waals surface area contributed by atoms with Gasteiger partial charge in [-0.15, -0.1) is 0 Å². The first kappa shape index (κ1) is 7.54. The van der Waals surface area contributed by atoms with E-state index in [2.05, 4.69) is 0 Å². The Balaban J connectivity index is 2.61. The van der Waals surface area contributed by atoms with Gasteiger partial charge >= 0.3 is 5.97 Å². The van der Waals surface area contributed by atoms with Crippen molar-refractivity contribution in [2.24, 2.45) is 11.8 Å². The van der Waals surface area contributed by atoms with Crippen molar-refractivity contribution in [1.29, 1.82) is 0 Å². The highest BCUT2D eigenvalue weighted by Gasteiger charge is 2.37. The second kappa shape index (κ2) is 2.58. The smallest absolute Gasteiger partial charge is 0.309 e. The van der Waals surface area contributed by atoms with Crippen molar-refractivity contribution in [1.82, 2.24) is 0 Å². The van der Waals surface area contributed by atoms with E-state index >= 15 is 0 Å². The van der Waals surface area contributed by atoms with E-state index in [9.17, 15) is 4.79 Å². The maximum atomic E-state index is 10.8. The zero-order valence-corrected chi connectivity index (χ0v) is 6.20. The summed E-state index contributed by atoms with van der Waals surface area (Å²) in [5.74, 6) is -0.0961. The van der Waals surface area contributed by atoms with Crippen LogP contribution in [0.25, 0.3) is 0 Å². The van der Waals surface area contributed by atoms with Crippen LogP contribution in [0.5, 0.6) is 0 Å². The molecule has 0 aliphatic carbocycles. The van der Waals surface area contributed by atoms with E-state index in [0.717, 1.165) is 0 Å². The molecule has 0 aromatic rings. The molecule has 0 saturated carbocycles. The molecule has 0 aromatic heterocycles. The van der Waals surface area contributed by atoms with E-state index in [1.807, 2.05) is 13.8 Å². The number of hydrogen-bond donors (Lipinski definition) is 1. The minimum atomic E-state index is -0.275. The highest BCUT2D eigenvalue weighted by Crippen LogP contribution is 2.26. The first-order valence-electron chi connectivity index (χ1n) is 3.48. The van der Waals surface area contributed by atoms with E-state index in [4.69, 9.17) is 9.84 Å². The molecule has 3 heteroatoms. The molecule has 1 heterocycles. The monoisotopic (exact) mass is 144 g/mol. The maximum Gasteiger partial charge on any atom is 0.309 e. The third-order valence-electron chi connectivity index (χ3n) is 2.19. The maximum absolute atomic E-state index is 10.8. The summed E-state index contributed by atoms with van der Waals surface area (Å²) >= 11 is 0. The molecular formula is C7H12O3. The largest absolute Gasteiger partial charge is 0.459 e. The van der Waals surface area contributed by atoms with Gasteiger partial charge in [-0.3, -0.25) is 4.79 Å². The van der Waals surface area contributed by atoms with Crippen molar-refractivity contribution in [2.45, 2.75) is 20.0 Å². The third kappa shape index (κ3) is 1.01. The van der Waals surface area contributed by atoms with Crippen LogP contribution in [-0.2, 0) is 9.53 Å². The van der Waals surface area contributed by atoms with Gasteiger partial charge in [0.15, 0.2) is 0 Å². The Morgan fingerprint density at radius 2 is 2.20 bits per heavy atom.